The Labute approximate surface area is 143 Å². The fraction of sp³-hybridized carbons (Fsp3) is 0.278. The van der Waals surface area contributed by atoms with Gasteiger partial charge in [-0.15, -0.1) is 11.8 Å². The molecule has 1 aliphatic heterocycles. The van der Waals surface area contributed by atoms with Crippen LogP contribution in [0.2, 0.25) is 0 Å². The van der Waals surface area contributed by atoms with E-state index in [-0.39, 0.29) is 17.8 Å². The van der Waals surface area contributed by atoms with E-state index in [2.05, 4.69) is 0 Å². The second kappa shape index (κ2) is 7.21. The number of benzene rings is 2. The van der Waals surface area contributed by atoms with Gasteiger partial charge in [0.15, 0.2) is 11.6 Å². The van der Waals surface area contributed by atoms with Gasteiger partial charge in [0.25, 0.3) is 0 Å². The minimum absolute atomic E-state index is 0.0268. The maximum Gasteiger partial charge on any atom is 0.234 e. The summed E-state index contributed by atoms with van der Waals surface area (Å²) in [7, 11) is 0. The Kier molecular flexibility index (Phi) is 5.04. The van der Waals surface area contributed by atoms with Crippen LogP contribution in [0.25, 0.3) is 0 Å². The number of hydrogen-bond acceptors (Lipinski definition) is 3. The summed E-state index contributed by atoms with van der Waals surface area (Å²) >= 11 is 1.51. The first kappa shape index (κ1) is 16.8. The Hall–Kier alpha value is -2.08. The molecule has 3 nitrogen and oxygen atoms in total. The molecule has 1 fully saturated rings. The zero-order valence-electron chi connectivity index (χ0n) is 13.2. The number of para-hydroxylation sites is 1. The molecule has 0 N–H and O–H groups in total. The SMILES string of the molecule is CCOc1ccccc1C1SCC(=O)N1Cc1ccc(F)c(F)c1. The molecule has 24 heavy (non-hydrogen) atoms. The van der Waals surface area contributed by atoms with Crippen LogP contribution in [0.15, 0.2) is 42.5 Å². The quantitative estimate of drug-likeness (QED) is 0.813. The molecule has 0 spiro atoms. The second-order valence-corrected chi connectivity index (χ2v) is 6.47. The summed E-state index contributed by atoms with van der Waals surface area (Å²) in [6, 6.07) is 11.3. The number of nitrogens with zero attached hydrogens (tertiary/aromatic N) is 1. The van der Waals surface area contributed by atoms with E-state index in [1.807, 2.05) is 31.2 Å². The van der Waals surface area contributed by atoms with Crippen LogP contribution in [0.5, 0.6) is 5.75 Å². The van der Waals surface area contributed by atoms with Gasteiger partial charge in [0, 0.05) is 12.1 Å². The van der Waals surface area contributed by atoms with Crippen molar-refractivity contribution in [3.8, 4) is 5.75 Å². The van der Waals surface area contributed by atoms with Crippen molar-refractivity contribution in [3.63, 3.8) is 0 Å². The molecule has 1 unspecified atom stereocenters. The van der Waals surface area contributed by atoms with Gasteiger partial charge in [-0.2, -0.15) is 0 Å². The lowest BCUT2D eigenvalue weighted by Crippen LogP contribution is -2.28. The van der Waals surface area contributed by atoms with E-state index in [0.717, 1.165) is 23.4 Å². The van der Waals surface area contributed by atoms with Crippen LogP contribution in [0, 0.1) is 11.6 Å². The minimum atomic E-state index is -0.905. The Bertz CT molecular complexity index is 754. The first-order valence-corrected chi connectivity index (χ1v) is 8.71. The number of carbonyl (C=O) groups is 1. The van der Waals surface area contributed by atoms with Gasteiger partial charge >= 0.3 is 0 Å². The monoisotopic (exact) mass is 349 g/mol. The topological polar surface area (TPSA) is 29.5 Å². The van der Waals surface area contributed by atoms with Crippen molar-refractivity contribution in [1.29, 1.82) is 0 Å². The molecule has 0 radical (unpaired) electrons. The molecular formula is C18H17F2NO2S. The first-order chi connectivity index (χ1) is 11.6. The predicted octanol–water partition coefficient (Wildman–Crippen LogP) is 4.14. The van der Waals surface area contributed by atoms with Crippen LogP contribution >= 0.6 is 11.8 Å². The third-order valence-electron chi connectivity index (χ3n) is 3.79. The average molecular weight is 349 g/mol. The lowest BCUT2D eigenvalue weighted by molar-refractivity contribution is -0.128. The van der Waals surface area contributed by atoms with Crippen LogP contribution < -0.4 is 4.74 Å². The van der Waals surface area contributed by atoms with Gasteiger partial charge in [0.05, 0.1) is 12.4 Å². The molecule has 2 aromatic rings. The molecule has 1 aliphatic rings. The fourth-order valence-corrected chi connectivity index (χ4v) is 3.90. The Morgan fingerprint density at radius 1 is 1.21 bits per heavy atom. The smallest absolute Gasteiger partial charge is 0.234 e. The molecule has 3 rings (SSSR count). The van der Waals surface area contributed by atoms with Crippen molar-refractivity contribution in [2.75, 3.05) is 12.4 Å². The van der Waals surface area contributed by atoms with Crippen molar-refractivity contribution in [2.45, 2.75) is 18.8 Å². The largest absolute Gasteiger partial charge is 0.493 e. The predicted molar refractivity (Wildman–Crippen MR) is 89.7 cm³/mol. The summed E-state index contributed by atoms with van der Waals surface area (Å²) in [4.78, 5) is 14.0. The summed E-state index contributed by atoms with van der Waals surface area (Å²) in [5.74, 6) is -0.727. The number of ether oxygens (including phenoxy) is 1. The Morgan fingerprint density at radius 2 is 2.00 bits per heavy atom. The highest BCUT2D eigenvalue weighted by Crippen LogP contribution is 2.43. The Morgan fingerprint density at radius 3 is 2.75 bits per heavy atom. The molecule has 1 amide bonds. The zero-order chi connectivity index (χ0) is 17.1. The van der Waals surface area contributed by atoms with E-state index in [0.29, 0.717) is 17.9 Å². The fourth-order valence-electron chi connectivity index (χ4n) is 2.69. The van der Waals surface area contributed by atoms with E-state index in [4.69, 9.17) is 4.74 Å². The number of carbonyl (C=O) groups excluding carboxylic acids is 1. The van der Waals surface area contributed by atoms with E-state index >= 15 is 0 Å². The second-order valence-electron chi connectivity index (χ2n) is 5.40. The molecule has 1 atom stereocenters. The summed E-state index contributed by atoms with van der Waals surface area (Å²) in [6.07, 6.45) is 0. The molecule has 0 bridgehead atoms. The van der Waals surface area contributed by atoms with Crippen LogP contribution in [-0.2, 0) is 11.3 Å². The number of thioether (sulfide) groups is 1. The Balaban J connectivity index is 1.88. The van der Waals surface area contributed by atoms with E-state index in [1.165, 1.54) is 17.8 Å². The lowest BCUT2D eigenvalue weighted by Gasteiger charge is -2.26. The van der Waals surface area contributed by atoms with E-state index in [1.54, 1.807) is 4.90 Å². The van der Waals surface area contributed by atoms with Crippen molar-refractivity contribution in [3.05, 3.63) is 65.2 Å². The summed E-state index contributed by atoms with van der Waals surface area (Å²) in [6.45, 7) is 2.67. The van der Waals surface area contributed by atoms with Gasteiger partial charge in [-0.1, -0.05) is 24.3 Å². The van der Waals surface area contributed by atoms with Crippen molar-refractivity contribution >= 4 is 17.7 Å². The van der Waals surface area contributed by atoms with Crippen LogP contribution in [0.3, 0.4) is 0 Å². The van der Waals surface area contributed by atoms with Crippen molar-refractivity contribution in [1.82, 2.24) is 4.90 Å². The number of rotatable bonds is 5. The number of halogens is 2. The molecule has 1 heterocycles. The van der Waals surface area contributed by atoms with E-state index < -0.39 is 11.6 Å². The molecular weight excluding hydrogens is 332 g/mol. The van der Waals surface area contributed by atoms with Gasteiger partial charge in [-0.3, -0.25) is 4.79 Å². The van der Waals surface area contributed by atoms with Crippen LogP contribution in [0.1, 0.15) is 23.4 Å². The molecule has 0 aliphatic carbocycles. The van der Waals surface area contributed by atoms with Gasteiger partial charge in [-0.05, 0) is 30.7 Å². The molecule has 6 heteroatoms. The van der Waals surface area contributed by atoms with Crippen LogP contribution in [0.4, 0.5) is 8.78 Å². The molecule has 1 saturated heterocycles. The number of hydrogen-bond donors (Lipinski definition) is 0. The zero-order valence-corrected chi connectivity index (χ0v) is 14.0. The summed E-state index contributed by atoms with van der Waals surface area (Å²) < 4.78 is 32.2. The third kappa shape index (κ3) is 3.38. The normalized spacial score (nSPS) is 17.4. The lowest BCUT2D eigenvalue weighted by atomic mass is 10.1. The molecule has 0 aromatic heterocycles. The van der Waals surface area contributed by atoms with Gasteiger partial charge < -0.3 is 9.64 Å². The van der Waals surface area contributed by atoms with Gasteiger partial charge in [0.1, 0.15) is 11.1 Å². The maximum atomic E-state index is 13.4. The van der Waals surface area contributed by atoms with E-state index in [9.17, 15) is 13.6 Å². The molecule has 126 valence electrons. The third-order valence-corrected chi connectivity index (χ3v) is 5.03. The average Bonchev–Trinajstić information content (AvgIpc) is 2.93. The highest BCUT2D eigenvalue weighted by molar-refractivity contribution is 8.00. The highest BCUT2D eigenvalue weighted by atomic mass is 32.2. The summed E-state index contributed by atoms with van der Waals surface area (Å²) in [5, 5.41) is -0.201. The number of amides is 1. The highest BCUT2D eigenvalue weighted by Gasteiger charge is 2.34. The minimum Gasteiger partial charge on any atom is -0.493 e. The standard InChI is InChI=1S/C18H17F2NO2S/c1-2-23-16-6-4-3-5-13(16)18-21(17(22)11-24-18)10-12-7-8-14(19)15(20)9-12/h3-9,18H,2,10-11H2,1H3. The molecule has 0 saturated carbocycles. The van der Waals surface area contributed by atoms with Gasteiger partial charge in [-0.25, -0.2) is 8.78 Å². The first-order valence-electron chi connectivity index (χ1n) is 7.67. The van der Waals surface area contributed by atoms with Crippen molar-refractivity contribution < 1.29 is 18.3 Å². The maximum absolute atomic E-state index is 13.4. The van der Waals surface area contributed by atoms with Gasteiger partial charge in [0.2, 0.25) is 5.91 Å². The summed E-state index contributed by atoms with van der Waals surface area (Å²) in [5.41, 5.74) is 1.47. The van der Waals surface area contributed by atoms with Crippen LogP contribution in [-0.4, -0.2) is 23.2 Å². The molecule has 2 aromatic carbocycles. The van der Waals surface area contributed by atoms with Crippen molar-refractivity contribution in [2.24, 2.45) is 0 Å².